The van der Waals surface area contributed by atoms with Gasteiger partial charge in [0, 0.05) is 11.6 Å². The van der Waals surface area contributed by atoms with E-state index in [4.69, 9.17) is 9.84 Å². The second-order valence-corrected chi connectivity index (χ2v) is 4.19. The van der Waals surface area contributed by atoms with E-state index in [2.05, 4.69) is 15.9 Å². The first-order valence-corrected chi connectivity index (χ1v) is 5.23. The van der Waals surface area contributed by atoms with Gasteiger partial charge in [0.1, 0.15) is 11.6 Å². The largest absolute Gasteiger partial charge is 0.493 e. The lowest BCUT2D eigenvalue weighted by Crippen LogP contribution is -2.21. The molecule has 1 aliphatic heterocycles. The Bertz CT molecular complexity index is 419. The zero-order valence-electron chi connectivity index (χ0n) is 7.67. The van der Waals surface area contributed by atoms with Gasteiger partial charge in [-0.1, -0.05) is 0 Å². The minimum absolute atomic E-state index is 0.262. The molecule has 0 saturated carbocycles. The van der Waals surface area contributed by atoms with Crippen molar-refractivity contribution < 1.29 is 19.0 Å². The van der Waals surface area contributed by atoms with Gasteiger partial charge >= 0.3 is 5.97 Å². The van der Waals surface area contributed by atoms with Crippen LogP contribution >= 0.6 is 15.9 Å². The summed E-state index contributed by atoms with van der Waals surface area (Å²) < 4.78 is 18.6. The van der Waals surface area contributed by atoms with Gasteiger partial charge in [-0.3, -0.25) is 4.79 Å². The number of halogens is 2. The summed E-state index contributed by atoms with van der Waals surface area (Å²) in [4.78, 5) is 10.9. The fourth-order valence-corrected chi connectivity index (χ4v) is 2.00. The standard InChI is InChI=1S/C10H8BrFO3/c11-7-3-6-5(10(13)14)1-2-15-9(6)4-8(7)12/h3-5H,1-2H2,(H,13,14). The van der Waals surface area contributed by atoms with E-state index in [0.717, 1.165) is 0 Å². The molecule has 0 aliphatic carbocycles. The van der Waals surface area contributed by atoms with E-state index in [1.165, 1.54) is 12.1 Å². The highest BCUT2D eigenvalue weighted by Crippen LogP contribution is 2.36. The van der Waals surface area contributed by atoms with Crippen molar-refractivity contribution in [2.45, 2.75) is 12.3 Å². The van der Waals surface area contributed by atoms with Gasteiger partial charge in [-0.2, -0.15) is 0 Å². The van der Waals surface area contributed by atoms with Crippen molar-refractivity contribution in [3.8, 4) is 5.75 Å². The molecule has 1 heterocycles. The van der Waals surface area contributed by atoms with E-state index in [1.54, 1.807) is 0 Å². The molecule has 1 aromatic rings. The molecule has 1 unspecified atom stereocenters. The molecule has 0 amide bonds. The maximum atomic E-state index is 13.2. The third-order valence-electron chi connectivity index (χ3n) is 2.39. The summed E-state index contributed by atoms with van der Waals surface area (Å²) in [6, 6.07) is 2.69. The Balaban J connectivity index is 2.51. The first-order chi connectivity index (χ1) is 7.09. The first kappa shape index (κ1) is 10.4. The summed E-state index contributed by atoms with van der Waals surface area (Å²) in [7, 11) is 0. The molecule has 1 atom stereocenters. The van der Waals surface area contributed by atoms with Gasteiger partial charge < -0.3 is 9.84 Å². The van der Waals surface area contributed by atoms with Gasteiger partial charge in [0.25, 0.3) is 0 Å². The van der Waals surface area contributed by atoms with Crippen molar-refractivity contribution >= 4 is 21.9 Å². The predicted molar refractivity (Wildman–Crippen MR) is 54.6 cm³/mol. The number of fused-ring (bicyclic) bond motifs is 1. The summed E-state index contributed by atoms with van der Waals surface area (Å²) in [6.45, 7) is 0.311. The fraction of sp³-hybridized carbons (Fsp3) is 0.300. The predicted octanol–water partition coefficient (Wildman–Crippen LogP) is 2.54. The second kappa shape index (κ2) is 3.81. The highest BCUT2D eigenvalue weighted by molar-refractivity contribution is 9.10. The molecular formula is C10H8BrFO3. The number of hydrogen-bond donors (Lipinski definition) is 1. The van der Waals surface area contributed by atoms with Gasteiger partial charge in [0.2, 0.25) is 0 Å². The Kier molecular flexibility index (Phi) is 2.65. The van der Waals surface area contributed by atoms with Crippen molar-refractivity contribution in [2.24, 2.45) is 0 Å². The summed E-state index contributed by atoms with van der Waals surface area (Å²) in [6.07, 6.45) is 0.417. The molecule has 1 N–H and O–H groups in total. The van der Waals surface area contributed by atoms with Gasteiger partial charge in [-0.25, -0.2) is 4.39 Å². The molecular weight excluding hydrogens is 267 g/mol. The normalized spacial score (nSPS) is 19.2. The van der Waals surface area contributed by atoms with E-state index >= 15 is 0 Å². The minimum Gasteiger partial charge on any atom is -0.493 e. The molecule has 0 spiro atoms. The SMILES string of the molecule is O=C(O)C1CCOc2cc(F)c(Br)cc21. The molecule has 3 nitrogen and oxygen atoms in total. The number of ether oxygens (including phenoxy) is 1. The monoisotopic (exact) mass is 274 g/mol. The quantitative estimate of drug-likeness (QED) is 0.856. The van der Waals surface area contributed by atoms with Gasteiger partial charge in [-0.05, 0) is 28.4 Å². The molecule has 1 aromatic carbocycles. The average molecular weight is 275 g/mol. The number of carboxylic acids is 1. The van der Waals surface area contributed by atoms with Gasteiger partial charge in [-0.15, -0.1) is 0 Å². The van der Waals surface area contributed by atoms with Crippen molar-refractivity contribution in [3.05, 3.63) is 28.0 Å². The molecule has 2 rings (SSSR count). The minimum atomic E-state index is -0.905. The Hall–Kier alpha value is -1.10. The van der Waals surface area contributed by atoms with Crippen LogP contribution in [-0.4, -0.2) is 17.7 Å². The van der Waals surface area contributed by atoms with Crippen molar-refractivity contribution in [1.29, 1.82) is 0 Å². The highest BCUT2D eigenvalue weighted by Gasteiger charge is 2.28. The van der Waals surface area contributed by atoms with Gasteiger partial charge in [0.05, 0.1) is 17.0 Å². The van der Waals surface area contributed by atoms with E-state index < -0.39 is 17.7 Å². The van der Waals surface area contributed by atoms with Crippen molar-refractivity contribution in [1.82, 2.24) is 0 Å². The summed E-state index contributed by atoms with van der Waals surface area (Å²) in [5.41, 5.74) is 0.530. The Morgan fingerprint density at radius 1 is 1.60 bits per heavy atom. The first-order valence-electron chi connectivity index (χ1n) is 4.44. The van der Waals surface area contributed by atoms with Crippen LogP contribution in [0.2, 0.25) is 0 Å². The summed E-state index contributed by atoms with van der Waals surface area (Å²) in [5.74, 6) is -1.63. The second-order valence-electron chi connectivity index (χ2n) is 3.33. The number of carbonyl (C=O) groups is 1. The third kappa shape index (κ3) is 1.84. The molecule has 0 saturated heterocycles. The number of rotatable bonds is 1. The van der Waals surface area contributed by atoms with Crippen LogP contribution in [0, 0.1) is 5.82 Å². The summed E-state index contributed by atoms with van der Waals surface area (Å²) >= 11 is 3.03. The van der Waals surface area contributed by atoms with Crippen LogP contribution < -0.4 is 4.74 Å². The molecule has 5 heteroatoms. The van der Waals surface area contributed by atoms with Crippen LogP contribution in [0.5, 0.6) is 5.75 Å². The van der Waals surface area contributed by atoms with E-state index in [0.29, 0.717) is 24.3 Å². The highest BCUT2D eigenvalue weighted by atomic mass is 79.9. The smallest absolute Gasteiger partial charge is 0.311 e. The molecule has 0 radical (unpaired) electrons. The average Bonchev–Trinajstić information content (AvgIpc) is 2.18. The Morgan fingerprint density at radius 3 is 3.00 bits per heavy atom. The van der Waals surface area contributed by atoms with Crippen LogP contribution in [0.25, 0.3) is 0 Å². The van der Waals surface area contributed by atoms with Crippen LogP contribution in [0.15, 0.2) is 16.6 Å². The van der Waals surface area contributed by atoms with E-state index in [9.17, 15) is 9.18 Å². The maximum Gasteiger partial charge on any atom is 0.311 e. The van der Waals surface area contributed by atoms with Crippen LogP contribution in [0.1, 0.15) is 17.9 Å². The molecule has 80 valence electrons. The topological polar surface area (TPSA) is 46.5 Å². The number of aliphatic carboxylic acids is 1. The van der Waals surface area contributed by atoms with E-state index in [-0.39, 0.29) is 4.47 Å². The Morgan fingerprint density at radius 2 is 2.33 bits per heavy atom. The Labute approximate surface area is 94.0 Å². The molecule has 15 heavy (non-hydrogen) atoms. The van der Waals surface area contributed by atoms with Gasteiger partial charge in [0.15, 0.2) is 0 Å². The lowest BCUT2D eigenvalue weighted by molar-refractivity contribution is -0.139. The molecule has 0 fully saturated rings. The number of carboxylic acid groups (broad SMARTS) is 1. The molecule has 0 bridgehead atoms. The lowest BCUT2D eigenvalue weighted by atomic mass is 9.93. The van der Waals surface area contributed by atoms with Crippen molar-refractivity contribution in [3.63, 3.8) is 0 Å². The fourth-order valence-electron chi connectivity index (χ4n) is 1.64. The zero-order chi connectivity index (χ0) is 11.0. The van der Waals surface area contributed by atoms with Crippen LogP contribution in [0.3, 0.4) is 0 Å². The molecule has 1 aliphatic rings. The third-order valence-corrected chi connectivity index (χ3v) is 3.00. The van der Waals surface area contributed by atoms with Crippen molar-refractivity contribution in [2.75, 3.05) is 6.61 Å². The number of hydrogen-bond acceptors (Lipinski definition) is 2. The van der Waals surface area contributed by atoms with Crippen LogP contribution in [-0.2, 0) is 4.79 Å². The molecule has 0 aromatic heterocycles. The lowest BCUT2D eigenvalue weighted by Gasteiger charge is -2.23. The zero-order valence-corrected chi connectivity index (χ0v) is 9.25. The summed E-state index contributed by atoms with van der Waals surface area (Å²) in [5, 5.41) is 8.98. The number of benzene rings is 1. The maximum absolute atomic E-state index is 13.2. The van der Waals surface area contributed by atoms with Crippen LogP contribution in [0.4, 0.5) is 4.39 Å². The van der Waals surface area contributed by atoms with E-state index in [1.807, 2.05) is 0 Å².